The first-order valence-corrected chi connectivity index (χ1v) is 10.2. The van der Waals surface area contributed by atoms with Gasteiger partial charge in [-0.3, -0.25) is 9.78 Å². The lowest BCUT2D eigenvalue weighted by Gasteiger charge is -2.36. The van der Waals surface area contributed by atoms with Gasteiger partial charge in [0.05, 0.1) is 6.04 Å². The number of aryl methyl sites for hydroxylation is 2. The summed E-state index contributed by atoms with van der Waals surface area (Å²) in [4.78, 5) is 29.8. The summed E-state index contributed by atoms with van der Waals surface area (Å²) in [7, 11) is 1.62. The Balaban J connectivity index is 1.87. The van der Waals surface area contributed by atoms with Gasteiger partial charge in [0.25, 0.3) is 0 Å². The van der Waals surface area contributed by atoms with Crippen LogP contribution in [0.15, 0.2) is 42.7 Å². The molecule has 3 N–H and O–H groups in total. The molecule has 2 aromatic rings. The monoisotopic (exact) mass is 394 g/mol. The van der Waals surface area contributed by atoms with Crippen LogP contribution in [0.4, 0.5) is 4.79 Å². The highest BCUT2D eigenvalue weighted by Gasteiger charge is 2.40. The van der Waals surface area contributed by atoms with Crippen LogP contribution in [0.2, 0.25) is 0 Å². The summed E-state index contributed by atoms with van der Waals surface area (Å²) in [5.74, 6) is -0.128. The van der Waals surface area contributed by atoms with Crippen molar-refractivity contribution in [3.05, 3.63) is 65.0 Å². The number of carbonyl (C=O) groups is 2. The maximum absolute atomic E-state index is 13.0. The number of nitrogens with one attached hydrogen (secondary N) is 3. The Morgan fingerprint density at radius 3 is 2.48 bits per heavy atom. The topological polar surface area (TPSA) is 83.1 Å². The number of benzene rings is 1. The van der Waals surface area contributed by atoms with Gasteiger partial charge in [-0.25, -0.2) is 4.79 Å². The average molecular weight is 395 g/mol. The minimum absolute atomic E-state index is 0.128. The molecule has 3 rings (SSSR count). The van der Waals surface area contributed by atoms with Gasteiger partial charge in [-0.2, -0.15) is 0 Å². The van der Waals surface area contributed by atoms with E-state index in [1.54, 1.807) is 19.4 Å². The van der Waals surface area contributed by atoms with E-state index in [0.717, 1.165) is 36.0 Å². The molecule has 0 aliphatic heterocycles. The van der Waals surface area contributed by atoms with Crippen molar-refractivity contribution in [2.24, 2.45) is 0 Å². The molecule has 1 aromatic carbocycles. The summed E-state index contributed by atoms with van der Waals surface area (Å²) in [5.41, 5.74) is 3.32. The molecule has 1 fully saturated rings. The Morgan fingerprint density at radius 2 is 1.86 bits per heavy atom. The molecule has 1 atom stereocenters. The summed E-state index contributed by atoms with van der Waals surface area (Å²) in [6, 6.07) is 9.30. The molecule has 1 aliphatic rings. The van der Waals surface area contributed by atoms with E-state index in [4.69, 9.17) is 0 Å². The van der Waals surface area contributed by atoms with E-state index in [1.165, 1.54) is 5.56 Å². The summed E-state index contributed by atoms with van der Waals surface area (Å²) >= 11 is 0. The molecule has 1 heterocycles. The summed E-state index contributed by atoms with van der Waals surface area (Å²) in [6.07, 6.45) is 7.73. The van der Waals surface area contributed by atoms with Gasteiger partial charge in [-0.1, -0.05) is 49.1 Å². The maximum atomic E-state index is 13.0. The van der Waals surface area contributed by atoms with Gasteiger partial charge in [0, 0.05) is 19.4 Å². The Labute approximate surface area is 172 Å². The van der Waals surface area contributed by atoms with Crippen molar-refractivity contribution >= 4 is 11.9 Å². The molecular weight excluding hydrogens is 364 g/mol. The van der Waals surface area contributed by atoms with Gasteiger partial charge in [0.15, 0.2) is 0 Å². The zero-order valence-electron chi connectivity index (χ0n) is 17.4. The van der Waals surface area contributed by atoms with E-state index in [-0.39, 0.29) is 18.0 Å². The van der Waals surface area contributed by atoms with Crippen molar-refractivity contribution < 1.29 is 9.59 Å². The fourth-order valence-corrected chi connectivity index (χ4v) is 4.22. The van der Waals surface area contributed by atoms with Crippen LogP contribution in [0.3, 0.4) is 0 Å². The Hall–Kier alpha value is -2.89. The number of hydrogen-bond acceptors (Lipinski definition) is 3. The number of nitrogens with zero attached hydrogens (tertiary/aromatic N) is 1. The minimum Gasteiger partial charge on any atom is -0.357 e. The van der Waals surface area contributed by atoms with Crippen molar-refractivity contribution in [2.45, 2.75) is 57.5 Å². The van der Waals surface area contributed by atoms with Crippen LogP contribution in [0.5, 0.6) is 0 Å². The van der Waals surface area contributed by atoms with Gasteiger partial charge < -0.3 is 16.0 Å². The highest BCUT2D eigenvalue weighted by molar-refractivity contribution is 5.91. The number of carbonyl (C=O) groups excluding carboxylic acids is 2. The van der Waals surface area contributed by atoms with Gasteiger partial charge >= 0.3 is 6.03 Å². The van der Waals surface area contributed by atoms with Crippen LogP contribution in [0.25, 0.3) is 0 Å². The number of rotatable bonds is 5. The lowest BCUT2D eigenvalue weighted by atomic mass is 9.81. The molecule has 0 saturated heterocycles. The molecule has 1 aromatic heterocycles. The number of likely N-dealkylation sites (N-methyl/N-ethyl adjacent to an activating group) is 1. The number of pyridine rings is 1. The van der Waals surface area contributed by atoms with Crippen molar-refractivity contribution in [1.29, 1.82) is 0 Å². The summed E-state index contributed by atoms with van der Waals surface area (Å²) in [5, 5.41) is 8.81. The van der Waals surface area contributed by atoms with E-state index in [2.05, 4.69) is 27.0 Å². The van der Waals surface area contributed by atoms with Crippen LogP contribution in [0, 0.1) is 13.8 Å². The fourth-order valence-electron chi connectivity index (χ4n) is 4.22. The van der Waals surface area contributed by atoms with Crippen molar-refractivity contribution in [1.82, 2.24) is 20.9 Å². The third kappa shape index (κ3) is 4.75. The van der Waals surface area contributed by atoms with Crippen molar-refractivity contribution in [3.8, 4) is 0 Å². The Morgan fingerprint density at radius 1 is 1.10 bits per heavy atom. The second-order valence-electron chi connectivity index (χ2n) is 7.90. The Kier molecular flexibility index (Phi) is 6.52. The molecule has 1 aliphatic carbocycles. The van der Waals surface area contributed by atoms with Crippen LogP contribution < -0.4 is 16.0 Å². The number of hydrogen-bond donors (Lipinski definition) is 3. The third-order valence-electron chi connectivity index (χ3n) is 5.75. The van der Waals surface area contributed by atoms with Gasteiger partial charge in [-0.05, 0) is 49.4 Å². The number of amides is 3. The lowest BCUT2D eigenvalue weighted by molar-refractivity contribution is -0.128. The highest BCUT2D eigenvalue weighted by atomic mass is 16.2. The molecule has 0 bridgehead atoms. The second-order valence-corrected chi connectivity index (χ2v) is 7.90. The van der Waals surface area contributed by atoms with Crippen LogP contribution >= 0.6 is 0 Å². The average Bonchev–Trinajstić information content (AvgIpc) is 2.73. The first-order chi connectivity index (χ1) is 13.9. The molecule has 0 radical (unpaired) electrons. The van der Waals surface area contributed by atoms with Gasteiger partial charge in [0.1, 0.15) is 5.54 Å². The molecular formula is C23H30N4O2. The highest BCUT2D eigenvalue weighted by Crippen LogP contribution is 2.29. The third-order valence-corrected chi connectivity index (χ3v) is 5.75. The van der Waals surface area contributed by atoms with Crippen molar-refractivity contribution in [2.75, 3.05) is 7.05 Å². The van der Waals surface area contributed by atoms with Crippen LogP contribution in [-0.4, -0.2) is 29.5 Å². The Bertz CT molecular complexity index is 860. The molecule has 6 heteroatoms. The first kappa shape index (κ1) is 20.8. The second kappa shape index (κ2) is 9.07. The fraction of sp³-hybridized carbons (Fsp3) is 0.435. The largest absolute Gasteiger partial charge is 0.357 e. The predicted molar refractivity (Wildman–Crippen MR) is 114 cm³/mol. The van der Waals surface area contributed by atoms with Crippen molar-refractivity contribution in [3.63, 3.8) is 0 Å². The molecule has 3 amide bonds. The van der Waals surface area contributed by atoms with E-state index in [1.807, 2.05) is 38.1 Å². The normalized spacial score (nSPS) is 16.5. The SMILES string of the molecule is CNC(=O)C1(NC(=O)N[C@@H](c2cccnc2)c2ccc(C)cc2C)CCCCC1. The standard InChI is InChI=1S/C23H30N4O2/c1-16-9-10-19(17(2)14-16)20(18-8-7-13-25-15-18)26-22(29)27-23(21(28)24-3)11-5-4-6-12-23/h7-10,13-15,20H,4-6,11-12H2,1-3H3,(H,24,28)(H2,26,27,29)/t20-/m0/s1. The smallest absolute Gasteiger partial charge is 0.316 e. The van der Waals surface area contributed by atoms with Gasteiger partial charge in [0.2, 0.25) is 5.91 Å². The van der Waals surface area contributed by atoms with E-state index in [0.29, 0.717) is 12.8 Å². The zero-order chi connectivity index (χ0) is 20.9. The lowest BCUT2D eigenvalue weighted by Crippen LogP contribution is -2.61. The predicted octanol–water partition coefficient (Wildman–Crippen LogP) is 3.54. The van der Waals surface area contributed by atoms with Crippen LogP contribution in [-0.2, 0) is 4.79 Å². The first-order valence-electron chi connectivity index (χ1n) is 10.2. The molecule has 1 saturated carbocycles. The zero-order valence-corrected chi connectivity index (χ0v) is 17.4. The number of urea groups is 1. The molecule has 0 spiro atoms. The minimum atomic E-state index is -0.848. The van der Waals surface area contributed by atoms with Gasteiger partial charge in [-0.15, -0.1) is 0 Å². The van der Waals surface area contributed by atoms with Crippen LogP contribution in [0.1, 0.15) is 60.4 Å². The van der Waals surface area contributed by atoms with E-state index >= 15 is 0 Å². The maximum Gasteiger partial charge on any atom is 0.316 e. The molecule has 6 nitrogen and oxygen atoms in total. The summed E-state index contributed by atoms with van der Waals surface area (Å²) < 4.78 is 0. The van der Waals surface area contributed by atoms with E-state index in [9.17, 15) is 9.59 Å². The summed E-state index contributed by atoms with van der Waals surface area (Å²) in [6.45, 7) is 4.09. The molecule has 0 unspecified atom stereocenters. The molecule has 154 valence electrons. The quantitative estimate of drug-likeness (QED) is 0.725. The number of aromatic nitrogens is 1. The molecule has 29 heavy (non-hydrogen) atoms. The van der Waals surface area contributed by atoms with E-state index < -0.39 is 5.54 Å².